The Hall–Kier alpha value is -2.47. The number of carbonyl (C=O) groups excluding carboxylic acids is 2. The highest BCUT2D eigenvalue weighted by Crippen LogP contribution is 2.36. The first-order valence-electron chi connectivity index (χ1n) is 15.7. The van der Waals surface area contributed by atoms with Gasteiger partial charge in [0.15, 0.2) is 0 Å². The van der Waals surface area contributed by atoms with Crippen LogP contribution in [0.25, 0.3) is 0 Å². The fraction of sp³-hybridized carbons (Fsp3) is 0.543. The summed E-state index contributed by atoms with van der Waals surface area (Å²) in [4.78, 5) is 28.9. The number of carbonyl (C=O) groups is 2. The maximum atomic E-state index is 14.1. The number of aliphatic hydroxyl groups is 2. The van der Waals surface area contributed by atoms with Gasteiger partial charge in [0, 0.05) is 25.1 Å². The van der Waals surface area contributed by atoms with Crippen molar-refractivity contribution in [3.63, 3.8) is 0 Å². The second-order valence-corrected chi connectivity index (χ2v) is 13.8. The summed E-state index contributed by atoms with van der Waals surface area (Å²) in [6.45, 7) is 8.72. The molecule has 9 heteroatoms. The first-order chi connectivity index (χ1) is 21.1. The summed E-state index contributed by atoms with van der Waals surface area (Å²) in [6, 6.07) is 14.7. The Morgan fingerprint density at radius 3 is 2.52 bits per heavy atom. The lowest BCUT2D eigenvalue weighted by Gasteiger charge is -2.41. The van der Waals surface area contributed by atoms with E-state index in [0.29, 0.717) is 29.1 Å². The lowest BCUT2D eigenvalue weighted by Crippen LogP contribution is -2.55. The van der Waals surface area contributed by atoms with Crippen molar-refractivity contribution in [1.29, 1.82) is 0 Å². The molecule has 2 aliphatic rings. The van der Waals surface area contributed by atoms with Gasteiger partial charge in [0.25, 0.3) is 0 Å². The molecule has 2 aromatic rings. The van der Waals surface area contributed by atoms with Gasteiger partial charge in [0.2, 0.25) is 11.8 Å². The molecular weight excluding hydrogens is 671 g/mol. The molecule has 0 aromatic heterocycles. The molecule has 2 amide bonds. The normalized spacial score (nSPS) is 25.3. The molecule has 1 fully saturated rings. The maximum Gasteiger partial charge on any atom is 0.249 e. The van der Waals surface area contributed by atoms with Crippen molar-refractivity contribution in [3.05, 3.63) is 74.9 Å². The molecule has 0 heterocycles. The Balaban J connectivity index is 1.64. The highest BCUT2D eigenvalue weighted by molar-refractivity contribution is 14.1. The summed E-state index contributed by atoms with van der Waals surface area (Å²) in [5.74, 6) is 1.37. The summed E-state index contributed by atoms with van der Waals surface area (Å²) in [5, 5.41) is 23.8. The van der Waals surface area contributed by atoms with Gasteiger partial charge in [0.05, 0.1) is 22.3 Å². The number of para-hydroxylation sites is 1. The van der Waals surface area contributed by atoms with Gasteiger partial charge in [-0.15, -0.1) is 0 Å². The highest BCUT2D eigenvalue weighted by Gasteiger charge is 2.41. The van der Waals surface area contributed by atoms with Gasteiger partial charge >= 0.3 is 0 Å². The van der Waals surface area contributed by atoms with E-state index in [-0.39, 0.29) is 50.6 Å². The fourth-order valence-corrected chi connectivity index (χ4v) is 6.83. The van der Waals surface area contributed by atoms with Gasteiger partial charge in [-0.3, -0.25) is 9.59 Å². The SMILES string of the molecule is Cc1ccc(CN(C(=O)COC2CC(C)CCC2C(C)C)C2CC(C(=O)NCCO)=CC(Oc3ccccc3I)C2O)cc1. The van der Waals surface area contributed by atoms with Crippen molar-refractivity contribution in [2.75, 3.05) is 19.8 Å². The molecule has 44 heavy (non-hydrogen) atoms. The van der Waals surface area contributed by atoms with Crippen LogP contribution in [0.5, 0.6) is 5.75 Å². The smallest absolute Gasteiger partial charge is 0.249 e. The zero-order valence-corrected chi connectivity index (χ0v) is 28.4. The number of benzene rings is 2. The zero-order valence-electron chi connectivity index (χ0n) is 26.2. The Labute approximate surface area is 275 Å². The van der Waals surface area contributed by atoms with Crippen LogP contribution in [0.3, 0.4) is 0 Å². The first kappa shape index (κ1) is 34.4. The number of nitrogens with zero attached hydrogens (tertiary/aromatic N) is 1. The van der Waals surface area contributed by atoms with Crippen molar-refractivity contribution in [1.82, 2.24) is 10.2 Å². The van der Waals surface area contributed by atoms with Crippen LogP contribution in [0, 0.1) is 28.2 Å². The number of halogens is 1. The number of nitrogens with one attached hydrogen (secondary N) is 1. The zero-order chi connectivity index (χ0) is 31.8. The number of hydrogen-bond acceptors (Lipinski definition) is 6. The number of hydrogen-bond donors (Lipinski definition) is 3. The van der Waals surface area contributed by atoms with E-state index < -0.39 is 18.2 Å². The van der Waals surface area contributed by atoms with Crippen LogP contribution in [-0.4, -0.2) is 71.0 Å². The summed E-state index contributed by atoms with van der Waals surface area (Å²) >= 11 is 2.17. The van der Waals surface area contributed by atoms with Crippen LogP contribution < -0.4 is 10.1 Å². The number of rotatable bonds is 12. The molecule has 2 aliphatic carbocycles. The molecule has 2 aromatic carbocycles. The van der Waals surface area contributed by atoms with Crippen LogP contribution in [0.4, 0.5) is 0 Å². The van der Waals surface area contributed by atoms with Gasteiger partial charge < -0.3 is 29.9 Å². The molecule has 0 spiro atoms. The van der Waals surface area contributed by atoms with Crippen molar-refractivity contribution < 1.29 is 29.3 Å². The summed E-state index contributed by atoms with van der Waals surface area (Å²) < 4.78 is 13.5. The van der Waals surface area contributed by atoms with Gasteiger partial charge in [0.1, 0.15) is 24.6 Å². The molecule has 6 atom stereocenters. The van der Waals surface area contributed by atoms with E-state index in [0.717, 1.165) is 27.5 Å². The van der Waals surface area contributed by atoms with Gasteiger partial charge in [-0.1, -0.05) is 69.2 Å². The number of amides is 2. The second-order valence-electron chi connectivity index (χ2n) is 12.6. The minimum atomic E-state index is -1.10. The molecular formula is C35H47IN2O6. The predicted molar refractivity (Wildman–Crippen MR) is 179 cm³/mol. The van der Waals surface area contributed by atoms with E-state index in [1.165, 1.54) is 6.42 Å². The number of aryl methyl sites for hydroxylation is 1. The van der Waals surface area contributed by atoms with Crippen molar-refractivity contribution in [2.24, 2.45) is 17.8 Å². The highest BCUT2D eigenvalue weighted by atomic mass is 127. The molecule has 0 bridgehead atoms. The molecule has 4 rings (SSSR count). The molecule has 0 radical (unpaired) electrons. The monoisotopic (exact) mass is 718 g/mol. The van der Waals surface area contributed by atoms with Crippen LogP contribution in [-0.2, 0) is 20.9 Å². The Morgan fingerprint density at radius 2 is 1.84 bits per heavy atom. The third kappa shape index (κ3) is 9.05. The second kappa shape index (κ2) is 16.2. The van der Waals surface area contributed by atoms with Crippen LogP contribution in [0.2, 0.25) is 0 Å². The Bertz CT molecular complexity index is 1280. The summed E-state index contributed by atoms with van der Waals surface area (Å²) in [5.41, 5.74) is 2.42. The lowest BCUT2D eigenvalue weighted by molar-refractivity contribution is -0.149. The van der Waals surface area contributed by atoms with E-state index in [9.17, 15) is 19.8 Å². The van der Waals surface area contributed by atoms with E-state index >= 15 is 0 Å². The third-order valence-electron chi connectivity index (χ3n) is 8.89. The van der Waals surface area contributed by atoms with Crippen LogP contribution in [0.1, 0.15) is 57.6 Å². The standard InChI is InChI=1S/C35H47IN2O6/c1-22(2)27-14-11-24(4)17-31(27)43-21-33(40)38(20-25-12-9-23(3)10-13-25)29-18-26(35(42)37-15-16-39)19-32(34(29)41)44-30-8-6-5-7-28(30)36/h5-10,12-13,19,22,24,27,29,31-32,34,39,41H,11,14-18,20-21H2,1-4H3,(H,37,42). The molecule has 240 valence electrons. The average Bonchev–Trinajstić information content (AvgIpc) is 3.00. The van der Waals surface area contributed by atoms with Crippen LogP contribution >= 0.6 is 22.6 Å². The largest absolute Gasteiger partial charge is 0.482 e. The summed E-state index contributed by atoms with van der Waals surface area (Å²) in [7, 11) is 0. The van der Waals surface area contributed by atoms with Crippen molar-refractivity contribution in [2.45, 2.75) is 84.3 Å². The molecule has 0 aliphatic heterocycles. The van der Waals surface area contributed by atoms with Gasteiger partial charge in [-0.2, -0.15) is 0 Å². The van der Waals surface area contributed by atoms with E-state index in [1.54, 1.807) is 11.0 Å². The quantitative estimate of drug-likeness (QED) is 0.266. The lowest BCUT2D eigenvalue weighted by atomic mass is 9.75. The maximum absolute atomic E-state index is 14.1. The van der Waals surface area contributed by atoms with Crippen molar-refractivity contribution in [3.8, 4) is 5.75 Å². The van der Waals surface area contributed by atoms with Gasteiger partial charge in [-0.05, 0) is 83.9 Å². The number of aliphatic hydroxyl groups excluding tert-OH is 2. The van der Waals surface area contributed by atoms with Crippen molar-refractivity contribution >= 4 is 34.4 Å². The third-order valence-corrected chi connectivity index (χ3v) is 9.78. The number of ether oxygens (including phenoxy) is 2. The van der Waals surface area contributed by atoms with Crippen LogP contribution in [0.15, 0.2) is 60.2 Å². The fourth-order valence-electron chi connectivity index (χ4n) is 6.31. The molecule has 0 saturated heterocycles. The minimum Gasteiger partial charge on any atom is -0.482 e. The summed E-state index contributed by atoms with van der Waals surface area (Å²) in [6.07, 6.45) is 2.96. The Morgan fingerprint density at radius 1 is 1.11 bits per heavy atom. The topological polar surface area (TPSA) is 108 Å². The Kier molecular flexibility index (Phi) is 12.7. The molecule has 3 N–H and O–H groups in total. The average molecular weight is 719 g/mol. The molecule has 6 unspecified atom stereocenters. The molecule has 1 saturated carbocycles. The minimum absolute atomic E-state index is 0.00356. The first-order valence-corrected chi connectivity index (χ1v) is 16.8. The van der Waals surface area contributed by atoms with Gasteiger partial charge in [-0.25, -0.2) is 0 Å². The van der Waals surface area contributed by atoms with E-state index in [2.05, 4.69) is 48.7 Å². The van der Waals surface area contributed by atoms with E-state index in [4.69, 9.17) is 9.47 Å². The van der Waals surface area contributed by atoms with E-state index in [1.807, 2.05) is 55.5 Å². The molecule has 8 nitrogen and oxygen atoms in total. The predicted octanol–water partition coefficient (Wildman–Crippen LogP) is 5.02.